The van der Waals surface area contributed by atoms with Crippen molar-refractivity contribution in [1.82, 2.24) is 10.0 Å². The number of benzene rings is 1. The van der Waals surface area contributed by atoms with Crippen LogP contribution in [-0.4, -0.2) is 32.8 Å². The number of para-hydroxylation sites is 1. The number of imide groups is 1. The molecule has 7 heteroatoms. The molecule has 2 amide bonds. The fourth-order valence-corrected chi connectivity index (χ4v) is 2.37. The molecule has 1 saturated heterocycles. The number of hydrogen-bond acceptors (Lipinski definition) is 5. The standard InChI is InChI=1S/C13H15N3O4/c1-9-7-13(18)15(10(2)17)14(9)8-11-5-3-4-6-12(11)16(19)20/h3-6,9H,7-8H2,1-2H3. The minimum atomic E-state index is -0.462. The maximum Gasteiger partial charge on any atom is 0.273 e. The van der Waals surface area contributed by atoms with Gasteiger partial charge in [-0.2, -0.15) is 0 Å². The number of hydrazine groups is 1. The molecule has 1 aromatic rings. The third-order valence-corrected chi connectivity index (χ3v) is 3.29. The van der Waals surface area contributed by atoms with E-state index in [4.69, 9.17) is 0 Å². The van der Waals surface area contributed by atoms with E-state index in [0.29, 0.717) is 5.56 Å². The predicted octanol–water partition coefficient (Wildman–Crippen LogP) is 1.48. The monoisotopic (exact) mass is 277 g/mol. The first kappa shape index (κ1) is 14.1. The average molecular weight is 277 g/mol. The van der Waals surface area contributed by atoms with Crippen molar-refractivity contribution in [1.29, 1.82) is 0 Å². The smallest absolute Gasteiger partial charge is 0.273 e. The summed E-state index contributed by atoms with van der Waals surface area (Å²) in [6.45, 7) is 3.28. The van der Waals surface area contributed by atoms with Gasteiger partial charge in [0.2, 0.25) is 11.8 Å². The first-order chi connectivity index (χ1) is 9.41. The van der Waals surface area contributed by atoms with Gasteiger partial charge in [0.15, 0.2) is 0 Å². The molecule has 0 bridgehead atoms. The molecule has 1 aromatic carbocycles. The Morgan fingerprint density at radius 3 is 2.70 bits per heavy atom. The van der Waals surface area contributed by atoms with Crippen LogP contribution in [0.25, 0.3) is 0 Å². The molecule has 106 valence electrons. The first-order valence-electron chi connectivity index (χ1n) is 6.24. The normalized spacial score (nSPS) is 19.4. The van der Waals surface area contributed by atoms with Crippen LogP contribution in [0.15, 0.2) is 24.3 Å². The van der Waals surface area contributed by atoms with Crippen LogP contribution in [-0.2, 0) is 16.1 Å². The summed E-state index contributed by atoms with van der Waals surface area (Å²) in [5.41, 5.74) is 0.466. The lowest BCUT2D eigenvalue weighted by Gasteiger charge is -2.28. The van der Waals surface area contributed by atoms with Gasteiger partial charge >= 0.3 is 0 Å². The molecule has 1 unspecified atom stereocenters. The van der Waals surface area contributed by atoms with E-state index < -0.39 is 4.92 Å². The molecule has 0 N–H and O–H groups in total. The van der Waals surface area contributed by atoms with Crippen LogP contribution >= 0.6 is 0 Å². The molecule has 0 spiro atoms. The van der Waals surface area contributed by atoms with Crippen molar-refractivity contribution < 1.29 is 14.5 Å². The Hall–Kier alpha value is -2.28. The largest absolute Gasteiger partial charge is 0.273 e. The molecule has 1 fully saturated rings. The van der Waals surface area contributed by atoms with E-state index in [9.17, 15) is 19.7 Å². The van der Waals surface area contributed by atoms with E-state index in [1.807, 2.05) is 6.92 Å². The highest BCUT2D eigenvalue weighted by molar-refractivity contribution is 5.95. The number of hydrogen-bond donors (Lipinski definition) is 0. The Kier molecular flexibility index (Phi) is 3.80. The van der Waals surface area contributed by atoms with Crippen LogP contribution in [0.3, 0.4) is 0 Å². The lowest BCUT2D eigenvalue weighted by Crippen LogP contribution is -2.44. The number of amides is 2. The highest BCUT2D eigenvalue weighted by Crippen LogP contribution is 2.26. The molecule has 1 atom stereocenters. The molecular weight excluding hydrogens is 262 g/mol. The van der Waals surface area contributed by atoms with Crippen LogP contribution in [0.2, 0.25) is 0 Å². The zero-order valence-electron chi connectivity index (χ0n) is 11.3. The highest BCUT2D eigenvalue weighted by Gasteiger charge is 2.38. The molecule has 1 aliphatic rings. The van der Waals surface area contributed by atoms with Gasteiger partial charge in [-0.1, -0.05) is 18.2 Å². The molecular formula is C13H15N3O4. The highest BCUT2D eigenvalue weighted by atomic mass is 16.6. The van der Waals surface area contributed by atoms with Crippen molar-refractivity contribution in [2.75, 3.05) is 0 Å². The quantitative estimate of drug-likeness (QED) is 0.617. The van der Waals surface area contributed by atoms with E-state index in [-0.39, 0.29) is 36.5 Å². The minimum Gasteiger partial charge on any atom is -0.273 e. The van der Waals surface area contributed by atoms with E-state index in [1.165, 1.54) is 13.0 Å². The maximum absolute atomic E-state index is 11.8. The summed E-state index contributed by atoms with van der Waals surface area (Å²) in [4.78, 5) is 33.9. The van der Waals surface area contributed by atoms with Gasteiger partial charge in [-0.3, -0.25) is 19.7 Å². The second-order valence-corrected chi connectivity index (χ2v) is 4.76. The number of carbonyl (C=O) groups is 2. The molecule has 1 heterocycles. The van der Waals surface area contributed by atoms with Crippen molar-refractivity contribution in [2.24, 2.45) is 0 Å². The molecule has 0 aromatic heterocycles. The Morgan fingerprint density at radius 1 is 1.45 bits per heavy atom. The number of rotatable bonds is 3. The van der Waals surface area contributed by atoms with Crippen LogP contribution in [0.5, 0.6) is 0 Å². The summed E-state index contributed by atoms with van der Waals surface area (Å²) in [6, 6.07) is 6.17. The van der Waals surface area contributed by atoms with Gasteiger partial charge in [0.25, 0.3) is 5.69 Å². The SMILES string of the molecule is CC(=O)N1C(=O)CC(C)N1Cc1ccccc1[N+](=O)[O-]. The summed E-state index contributed by atoms with van der Waals surface area (Å²) < 4.78 is 0. The molecule has 7 nitrogen and oxygen atoms in total. The van der Waals surface area contributed by atoms with Crippen molar-refractivity contribution in [3.63, 3.8) is 0 Å². The molecule has 2 rings (SSSR count). The van der Waals surface area contributed by atoms with Gasteiger partial charge in [0, 0.05) is 31.0 Å². The molecule has 0 aliphatic carbocycles. The van der Waals surface area contributed by atoms with Crippen molar-refractivity contribution in [3.8, 4) is 0 Å². The molecule has 20 heavy (non-hydrogen) atoms. The topological polar surface area (TPSA) is 83.8 Å². The van der Waals surface area contributed by atoms with E-state index in [0.717, 1.165) is 5.01 Å². The summed E-state index contributed by atoms with van der Waals surface area (Å²) >= 11 is 0. The van der Waals surface area contributed by atoms with Gasteiger partial charge in [-0.25, -0.2) is 10.0 Å². The van der Waals surface area contributed by atoms with Crippen LogP contribution in [0.1, 0.15) is 25.8 Å². The Morgan fingerprint density at radius 2 is 2.10 bits per heavy atom. The van der Waals surface area contributed by atoms with Crippen LogP contribution in [0, 0.1) is 10.1 Å². The van der Waals surface area contributed by atoms with Gasteiger partial charge < -0.3 is 0 Å². The summed E-state index contributed by atoms with van der Waals surface area (Å²) in [7, 11) is 0. The fourth-order valence-electron chi connectivity index (χ4n) is 2.37. The fraction of sp³-hybridized carbons (Fsp3) is 0.385. The Bertz CT molecular complexity index is 572. The second kappa shape index (κ2) is 5.38. The third kappa shape index (κ3) is 2.53. The summed E-state index contributed by atoms with van der Waals surface area (Å²) in [5.74, 6) is -0.651. The van der Waals surface area contributed by atoms with E-state index in [1.54, 1.807) is 23.2 Å². The van der Waals surface area contributed by atoms with Gasteiger partial charge in [0.1, 0.15) is 0 Å². The Labute approximate surface area is 115 Å². The predicted molar refractivity (Wildman–Crippen MR) is 70.2 cm³/mol. The zero-order valence-corrected chi connectivity index (χ0v) is 11.3. The van der Waals surface area contributed by atoms with E-state index >= 15 is 0 Å². The van der Waals surface area contributed by atoms with Crippen molar-refractivity contribution in [3.05, 3.63) is 39.9 Å². The van der Waals surface area contributed by atoms with Gasteiger partial charge in [-0.15, -0.1) is 0 Å². The van der Waals surface area contributed by atoms with E-state index in [2.05, 4.69) is 0 Å². The average Bonchev–Trinajstić information content (AvgIpc) is 2.64. The number of nitrogens with zero attached hydrogens (tertiary/aromatic N) is 3. The maximum atomic E-state index is 11.8. The van der Waals surface area contributed by atoms with Gasteiger partial charge in [-0.05, 0) is 6.92 Å². The molecule has 1 aliphatic heterocycles. The summed E-state index contributed by atoms with van der Waals surface area (Å²) in [5, 5.41) is 13.6. The lowest BCUT2D eigenvalue weighted by molar-refractivity contribution is -0.385. The second-order valence-electron chi connectivity index (χ2n) is 4.76. The number of nitro benzene ring substituents is 1. The molecule has 0 radical (unpaired) electrons. The van der Waals surface area contributed by atoms with Crippen LogP contribution in [0.4, 0.5) is 5.69 Å². The van der Waals surface area contributed by atoms with Crippen molar-refractivity contribution >= 4 is 17.5 Å². The van der Waals surface area contributed by atoms with Crippen LogP contribution < -0.4 is 0 Å². The number of carbonyl (C=O) groups excluding carboxylic acids is 2. The third-order valence-electron chi connectivity index (χ3n) is 3.29. The first-order valence-corrected chi connectivity index (χ1v) is 6.24. The molecule has 0 saturated carbocycles. The zero-order chi connectivity index (χ0) is 14.9. The minimum absolute atomic E-state index is 0.0115. The van der Waals surface area contributed by atoms with Crippen molar-refractivity contribution in [2.45, 2.75) is 32.9 Å². The Balaban J connectivity index is 2.31. The van der Waals surface area contributed by atoms with Gasteiger partial charge in [0.05, 0.1) is 11.5 Å². The summed E-state index contributed by atoms with van der Waals surface area (Å²) in [6.07, 6.45) is 0.236. The lowest BCUT2D eigenvalue weighted by atomic mass is 10.1. The number of nitro groups is 1.